The van der Waals surface area contributed by atoms with E-state index in [4.69, 9.17) is 6.42 Å². The molecule has 0 bridgehead atoms. The number of para-hydroxylation sites is 1. The largest absolute Gasteiger partial charge is 0.378 e. The van der Waals surface area contributed by atoms with Crippen LogP contribution < -0.4 is 14.5 Å². The molecule has 1 atom stereocenters. The van der Waals surface area contributed by atoms with Crippen LogP contribution in [0.5, 0.6) is 0 Å². The number of hydrogen-bond acceptors (Lipinski definition) is 5. The second kappa shape index (κ2) is 9.98. The van der Waals surface area contributed by atoms with Gasteiger partial charge < -0.3 is 9.80 Å². The third kappa shape index (κ3) is 5.76. The van der Waals surface area contributed by atoms with Crippen molar-refractivity contribution in [3.8, 4) is 12.3 Å². The second-order valence-corrected chi connectivity index (χ2v) is 9.48. The summed E-state index contributed by atoms with van der Waals surface area (Å²) in [5, 5.41) is 0. The summed E-state index contributed by atoms with van der Waals surface area (Å²) in [5.41, 5.74) is 3.43. The van der Waals surface area contributed by atoms with E-state index in [1.807, 2.05) is 25.1 Å². The van der Waals surface area contributed by atoms with E-state index in [-0.39, 0.29) is 11.8 Å². The maximum Gasteiger partial charge on any atom is 0.222 e. The van der Waals surface area contributed by atoms with E-state index in [1.54, 1.807) is 0 Å². The molecule has 1 fully saturated rings. The third-order valence-electron chi connectivity index (χ3n) is 5.44. The molecule has 1 N–H and O–H groups in total. The summed E-state index contributed by atoms with van der Waals surface area (Å²) in [6, 6.07) is 18.6. The summed E-state index contributed by atoms with van der Waals surface area (Å²) in [6.07, 6.45) is 5.20. The number of rotatable bonds is 8. The van der Waals surface area contributed by atoms with Crippen LogP contribution in [-0.2, 0) is 10.0 Å². The van der Waals surface area contributed by atoms with Crippen LogP contribution in [0.15, 0.2) is 54.6 Å². The van der Waals surface area contributed by atoms with Crippen molar-refractivity contribution in [2.24, 2.45) is 0 Å². The summed E-state index contributed by atoms with van der Waals surface area (Å²) in [6.45, 7) is 3.80. The Balaban J connectivity index is 1.75. The highest BCUT2D eigenvalue weighted by molar-refractivity contribution is 7.89. The number of piperazine rings is 1. The number of benzene rings is 2. The predicted molar refractivity (Wildman–Crippen MR) is 124 cm³/mol. The zero-order chi connectivity index (χ0) is 21.6. The molecule has 0 unspecified atom stereocenters. The van der Waals surface area contributed by atoms with Crippen molar-refractivity contribution >= 4 is 21.4 Å². The topological polar surface area (TPSA) is 55.9 Å². The van der Waals surface area contributed by atoms with Crippen molar-refractivity contribution in [1.29, 1.82) is 0 Å². The van der Waals surface area contributed by atoms with Crippen LogP contribution in [0.25, 0.3) is 0 Å². The summed E-state index contributed by atoms with van der Waals surface area (Å²) in [7, 11) is 0.526. The fraction of sp³-hybridized carbons (Fsp3) is 0.391. The Morgan fingerprint density at radius 1 is 1.03 bits per heavy atom. The molecule has 6 nitrogen and oxygen atoms in total. The molecule has 1 saturated heterocycles. The van der Waals surface area contributed by atoms with Crippen LogP contribution in [0.1, 0.15) is 11.6 Å². The lowest BCUT2D eigenvalue weighted by Crippen LogP contribution is -2.50. The Kier molecular flexibility index (Phi) is 7.38. The highest BCUT2D eigenvalue weighted by Gasteiger charge is 2.26. The Morgan fingerprint density at radius 3 is 2.23 bits per heavy atom. The van der Waals surface area contributed by atoms with E-state index in [9.17, 15) is 8.42 Å². The first-order valence-electron chi connectivity index (χ1n) is 10.1. The summed E-state index contributed by atoms with van der Waals surface area (Å²) >= 11 is 0. The van der Waals surface area contributed by atoms with Gasteiger partial charge in [-0.1, -0.05) is 36.3 Å². The van der Waals surface area contributed by atoms with Gasteiger partial charge in [-0.05, 0) is 29.8 Å². The highest BCUT2D eigenvalue weighted by Crippen LogP contribution is 2.26. The maximum atomic E-state index is 12.1. The van der Waals surface area contributed by atoms with Gasteiger partial charge in [0, 0.05) is 64.2 Å². The fourth-order valence-corrected chi connectivity index (χ4v) is 4.48. The van der Waals surface area contributed by atoms with Crippen molar-refractivity contribution in [3.05, 3.63) is 60.2 Å². The predicted octanol–water partition coefficient (Wildman–Crippen LogP) is 2.17. The molecule has 0 aliphatic carbocycles. The van der Waals surface area contributed by atoms with E-state index in [0.29, 0.717) is 6.54 Å². The molecule has 1 heterocycles. The van der Waals surface area contributed by atoms with Crippen molar-refractivity contribution in [3.63, 3.8) is 0 Å². The summed E-state index contributed by atoms with van der Waals surface area (Å²) in [5.74, 6) is 1.91. The molecule has 1 aliphatic rings. The lowest BCUT2D eigenvalue weighted by Gasteiger charge is -2.40. The Bertz CT molecular complexity index is 945. The molecule has 30 heavy (non-hydrogen) atoms. The van der Waals surface area contributed by atoms with Gasteiger partial charge in [0.2, 0.25) is 10.0 Å². The van der Waals surface area contributed by atoms with Crippen LogP contribution in [0.4, 0.5) is 11.4 Å². The van der Waals surface area contributed by atoms with Gasteiger partial charge in [0.25, 0.3) is 0 Å². The molecule has 2 aromatic rings. The van der Waals surface area contributed by atoms with E-state index in [0.717, 1.165) is 37.4 Å². The quantitative estimate of drug-likeness (QED) is 0.656. The van der Waals surface area contributed by atoms with Crippen LogP contribution in [0, 0.1) is 12.3 Å². The Morgan fingerprint density at radius 2 is 1.67 bits per heavy atom. The average molecular weight is 427 g/mol. The molecule has 0 aromatic heterocycles. The number of hydrogen-bond donors (Lipinski definition) is 1. The Hall–Kier alpha value is -2.53. The fourth-order valence-electron chi connectivity index (χ4n) is 3.75. The zero-order valence-corrected chi connectivity index (χ0v) is 18.5. The highest BCUT2D eigenvalue weighted by atomic mass is 32.2. The van der Waals surface area contributed by atoms with Gasteiger partial charge in [-0.3, -0.25) is 4.90 Å². The average Bonchev–Trinajstić information content (AvgIpc) is 2.75. The molecule has 0 radical (unpaired) electrons. The number of anilines is 2. The molecular weight excluding hydrogens is 396 g/mol. The molecular formula is C23H30N4O2S. The molecule has 1 aliphatic heterocycles. The van der Waals surface area contributed by atoms with Crippen molar-refractivity contribution in [2.45, 2.75) is 6.04 Å². The molecule has 160 valence electrons. The third-order valence-corrected chi connectivity index (χ3v) is 6.59. The normalized spacial score (nSPS) is 16.1. The minimum absolute atomic E-state index is 0.0494. The molecule has 0 saturated carbocycles. The lowest BCUT2D eigenvalue weighted by molar-refractivity contribution is 0.187. The minimum atomic E-state index is -3.48. The van der Waals surface area contributed by atoms with Gasteiger partial charge in [0.1, 0.15) is 5.75 Å². The van der Waals surface area contributed by atoms with Crippen LogP contribution in [-0.4, -0.2) is 65.9 Å². The second-order valence-electron chi connectivity index (χ2n) is 7.67. The van der Waals surface area contributed by atoms with Crippen molar-refractivity contribution in [1.82, 2.24) is 9.62 Å². The Labute approximate surface area is 180 Å². The number of sulfonamides is 1. The van der Waals surface area contributed by atoms with E-state index in [1.165, 1.54) is 5.69 Å². The number of nitrogens with one attached hydrogen (secondary N) is 1. The van der Waals surface area contributed by atoms with Crippen molar-refractivity contribution in [2.75, 3.05) is 62.4 Å². The van der Waals surface area contributed by atoms with Gasteiger partial charge in [0.05, 0.1) is 0 Å². The zero-order valence-electron chi connectivity index (χ0n) is 17.7. The first-order valence-corrected chi connectivity index (χ1v) is 11.8. The maximum absolute atomic E-state index is 12.1. The first-order chi connectivity index (χ1) is 14.4. The molecule has 7 heteroatoms. The van der Waals surface area contributed by atoms with Gasteiger partial charge >= 0.3 is 0 Å². The van der Waals surface area contributed by atoms with E-state index in [2.05, 4.69) is 69.0 Å². The van der Waals surface area contributed by atoms with Crippen molar-refractivity contribution < 1.29 is 8.42 Å². The van der Waals surface area contributed by atoms with E-state index < -0.39 is 10.0 Å². The number of terminal acetylenes is 1. The summed E-state index contributed by atoms with van der Waals surface area (Å²) < 4.78 is 27.0. The molecule has 3 rings (SSSR count). The SMILES string of the molecule is C#CCS(=O)(=O)NC[C@H](c1ccc(N(C)C)cc1)N1CCN(c2ccccc2)CC1. The lowest BCUT2D eigenvalue weighted by atomic mass is 10.0. The molecule has 2 aromatic carbocycles. The summed E-state index contributed by atoms with van der Waals surface area (Å²) in [4.78, 5) is 6.76. The monoisotopic (exact) mass is 426 g/mol. The molecule has 0 amide bonds. The van der Waals surface area contributed by atoms with Gasteiger partial charge in [-0.2, -0.15) is 0 Å². The van der Waals surface area contributed by atoms with Crippen LogP contribution in [0.2, 0.25) is 0 Å². The smallest absolute Gasteiger partial charge is 0.222 e. The van der Waals surface area contributed by atoms with Gasteiger partial charge in [0.15, 0.2) is 0 Å². The van der Waals surface area contributed by atoms with Gasteiger partial charge in [-0.15, -0.1) is 6.42 Å². The van der Waals surface area contributed by atoms with Crippen LogP contribution in [0.3, 0.4) is 0 Å². The molecule has 0 spiro atoms. The number of nitrogens with zero attached hydrogens (tertiary/aromatic N) is 3. The first kappa shape index (κ1) is 22.2. The minimum Gasteiger partial charge on any atom is -0.378 e. The standard InChI is InChI=1S/C23H30N4O2S/c1-4-18-30(28,29)24-19-23(20-10-12-21(13-11-20)25(2)3)27-16-14-26(15-17-27)22-8-6-5-7-9-22/h1,5-13,23-24H,14-19H2,2-3H3/t23-/m1/s1. The van der Waals surface area contributed by atoms with Crippen LogP contribution >= 0.6 is 0 Å². The van der Waals surface area contributed by atoms with Gasteiger partial charge in [-0.25, -0.2) is 13.1 Å². The van der Waals surface area contributed by atoms with E-state index >= 15 is 0 Å².